The topological polar surface area (TPSA) is 46.2 Å². The van der Waals surface area contributed by atoms with Gasteiger partial charge >= 0.3 is 0 Å². The Morgan fingerprint density at radius 2 is 1.62 bits per heavy atom. The molecule has 0 saturated heterocycles. The SMILES string of the molecule is C=C(C)NC(=O)C(C)C(C)=O.CC. The largest absolute Gasteiger partial charge is 0.330 e. The van der Waals surface area contributed by atoms with Gasteiger partial charge in [-0.3, -0.25) is 9.59 Å². The maximum Gasteiger partial charge on any atom is 0.234 e. The lowest BCUT2D eigenvalue weighted by Gasteiger charge is -2.07. The fraction of sp³-hybridized carbons (Fsp3) is 0.600. The lowest BCUT2D eigenvalue weighted by atomic mass is 10.1. The summed E-state index contributed by atoms with van der Waals surface area (Å²) in [6, 6.07) is 0. The average molecular weight is 185 g/mol. The number of allylic oxidation sites excluding steroid dienone is 1. The summed E-state index contributed by atoms with van der Waals surface area (Å²) < 4.78 is 0. The molecule has 0 radical (unpaired) electrons. The molecular weight excluding hydrogens is 166 g/mol. The molecule has 0 saturated carbocycles. The second kappa shape index (κ2) is 7.53. The van der Waals surface area contributed by atoms with E-state index in [9.17, 15) is 9.59 Å². The first-order valence-electron chi connectivity index (χ1n) is 4.42. The van der Waals surface area contributed by atoms with Crippen LogP contribution in [-0.4, -0.2) is 11.7 Å². The quantitative estimate of drug-likeness (QED) is 0.682. The monoisotopic (exact) mass is 185 g/mol. The van der Waals surface area contributed by atoms with E-state index in [4.69, 9.17) is 0 Å². The van der Waals surface area contributed by atoms with Crippen molar-refractivity contribution in [3.8, 4) is 0 Å². The fourth-order valence-electron chi connectivity index (χ4n) is 0.503. The molecule has 1 amide bonds. The maximum absolute atomic E-state index is 11.0. The molecule has 0 aliphatic rings. The third-order valence-electron chi connectivity index (χ3n) is 1.34. The minimum Gasteiger partial charge on any atom is -0.330 e. The molecule has 0 spiro atoms. The molecular formula is C10H19NO2. The Bertz CT molecular complexity index is 197. The Morgan fingerprint density at radius 3 is 1.85 bits per heavy atom. The van der Waals surface area contributed by atoms with Gasteiger partial charge < -0.3 is 5.32 Å². The van der Waals surface area contributed by atoms with E-state index in [0.717, 1.165) is 0 Å². The van der Waals surface area contributed by atoms with Crippen LogP contribution >= 0.6 is 0 Å². The highest BCUT2D eigenvalue weighted by Crippen LogP contribution is 1.96. The Morgan fingerprint density at radius 1 is 1.23 bits per heavy atom. The zero-order valence-corrected chi connectivity index (χ0v) is 9.10. The Labute approximate surface area is 80.2 Å². The summed E-state index contributed by atoms with van der Waals surface area (Å²) in [6.45, 7) is 12.1. The van der Waals surface area contributed by atoms with Gasteiger partial charge in [-0.25, -0.2) is 0 Å². The summed E-state index contributed by atoms with van der Waals surface area (Å²) in [4.78, 5) is 21.7. The van der Waals surface area contributed by atoms with Gasteiger partial charge in [-0.05, 0) is 20.8 Å². The predicted molar refractivity (Wildman–Crippen MR) is 54.1 cm³/mol. The summed E-state index contributed by atoms with van der Waals surface area (Å²) in [5, 5.41) is 2.47. The van der Waals surface area contributed by atoms with E-state index in [1.54, 1.807) is 13.8 Å². The van der Waals surface area contributed by atoms with Gasteiger partial charge in [0.2, 0.25) is 5.91 Å². The van der Waals surface area contributed by atoms with E-state index in [1.165, 1.54) is 6.92 Å². The van der Waals surface area contributed by atoms with Gasteiger partial charge in [0, 0.05) is 5.70 Å². The van der Waals surface area contributed by atoms with Gasteiger partial charge in [-0.15, -0.1) is 0 Å². The van der Waals surface area contributed by atoms with Crippen molar-refractivity contribution in [1.29, 1.82) is 0 Å². The van der Waals surface area contributed by atoms with Crippen LogP contribution in [0.4, 0.5) is 0 Å². The first kappa shape index (κ1) is 14.4. The molecule has 76 valence electrons. The standard InChI is InChI=1S/C8H13NO2.C2H6/c1-5(2)9-8(11)6(3)7(4)10;1-2/h6H,1H2,2-4H3,(H,9,11);1-2H3. The fourth-order valence-corrected chi connectivity index (χ4v) is 0.503. The normalized spacial score (nSPS) is 10.5. The lowest BCUT2D eigenvalue weighted by molar-refractivity contribution is -0.131. The van der Waals surface area contributed by atoms with Crippen LogP contribution < -0.4 is 5.32 Å². The number of rotatable bonds is 3. The molecule has 0 rings (SSSR count). The molecule has 0 bridgehead atoms. The van der Waals surface area contributed by atoms with Gasteiger partial charge in [-0.1, -0.05) is 20.4 Å². The third-order valence-corrected chi connectivity index (χ3v) is 1.34. The molecule has 0 aliphatic carbocycles. The third kappa shape index (κ3) is 7.25. The number of hydrogen-bond donors (Lipinski definition) is 1. The number of Topliss-reactive ketones (excluding diaryl/α,β-unsaturated/α-hetero) is 1. The Kier molecular flexibility index (Phi) is 8.34. The van der Waals surface area contributed by atoms with Crippen molar-refractivity contribution in [2.45, 2.75) is 34.6 Å². The van der Waals surface area contributed by atoms with E-state index < -0.39 is 5.92 Å². The van der Waals surface area contributed by atoms with E-state index in [0.29, 0.717) is 5.70 Å². The molecule has 0 aliphatic heterocycles. The minimum absolute atomic E-state index is 0.135. The first-order valence-corrected chi connectivity index (χ1v) is 4.42. The molecule has 1 atom stereocenters. The van der Waals surface area contributed by atoms with Crippen molar-refractivity contribution < 1.29 is 9.59 Å². The number of amides is 1. The molecule has 3 heteroatoms. The summed E-state index contributed by atoms with van der Waals surface area (Å²) in [6.07, 6.45) is 0. The van der Waals surface area contributed by atoms with Crippen LogP contribution in [0.25, 0.3) is 0 Å². The van der Waals surface area contributed by atoms with E-state index >= 15 is 0 Å². The molecule has 13 heavy (non-hydrogen) atoms. The summed E-state index contributed by atoms with van der Waals surface area (Å²) in [7, 11) is 0. The predicted octanol–water partition coefficient (Wildman–Crippen LogP) is 1.89. The highest BCUT2D eigenvalue weighted by Gasteiger charge is 2.16. The van der Waals surface area contributed by atoms with E-state index in [1.807, 2.05) is 13.8 Å². The highest BCUT2D eigenvalue weighted by molar-refractivity contribution is 6.00. The summed E-state index contributed by atoms with van der Waals surface area (Å²) in [5.41, 5.74) is 0.558. The molecule has 3 nitrogen and oxygen atoms in total. The number of hydrogen-bond acceptors (Lipinski definition) is 2. The average Bonchev–Trinajstić information content (AvgIpc) is 2.05. The molecule has 0 aromatic carbocycles. The van der Waals surface area contributed by atoms with Crippen molar-refractivity contribution >= 4 is 11.7 Å². The van der Waals surface area contributed by atoms with Crippen molar-refractivity contribution in [1.82, 2.24) is 5.32 Å². The molecule has 0 aromatic heterocycles. The molecule has 1 N–H and O–H groups in total. The Hall–Kier alpha value is -1.12. The van der Waals surface area contributed by atoms with Crippen LogP contribution in [0.1, 0.15) is 34.6 Å². The number of carbonyl (C=O) groups is 2. The van der Waals surface area contributed by atoms with E-state index in [-0.39, 0.29) is 11.7 Å². The van der Waals surface area contributed by atoms with Crippen molar-refractivity contribution in [3.63, 3.8) is 0 Å². The van der Waals surface area contributed by atoms with Crippen LogP contribution in [-0.2, 0) is 9.59 Å². The van der Waals surface area contributed by atoms with Gasteiger partial charge in [0.15, 0.2) is 0 Å². The van der Waals surface area contributed by atoms with Crippen LogP contribution in [0.15, 0.2) is 12.3 Å². The van der Waals surface area contributed by atoms with Crippen LogP contribution in [0.5, 0.6) is 0 Å². The van der Waals surface area contributed by atoms with E-state index in [2.05, 4.69) is 11.9 Å². The molecule has 0 aromatic rings. The minimum atomic E-state index is -0.577. The van der Waals surface area contributed by atoms with Crippen molar-refractivity contribution in [2.24, 2.45) is 5.92 Å². The lowest BCUT2D eigenvalue weighted by Crippen LogP contribution is -2.31. The summed E-state index contributed by atoms with van der Waals surface area (Å²) >= 11 is 0. The van der Waals surface area contributed by atoms with Crippen LogP contribution in [0, 0.1) is 5.92 Å². The highest BCUT2D eigenvalue weighted by atomic mass is 16.2. The smallest absolute Gasteiger partial charge is 0.234 e. The second-order valence-corrected chi connectivity index (χ2v) is 2.60. The van der Waals surface area contributed by atoms with Crippen LogP contribution in [0.2, 0.25) is 0 Å². The molecule has 0 fully saturated rings. The summed E-state index contributed by atoms with van der Waals surface area (Å²) in [5.74, 6) is -1.000. The van der Waals surface area contributed by atoms with Crippen LogP contribution in [0.3, 0.4) is 0 Å². The van der Waals surface area contributed by atoms with Gasteiger partial charge in [0.1, 0.15) is 5.78 Å². The Balaban J connectivity index is 0. The number of ketones is 1. The second-order valence-electron chi connectivity index (χ2n) is 2.60. The van der Waals surface area contributed by atoms with Crippen molar-refractivity contribution in [2.75, 3.05) is 0 Å². The first-order chi connectivity index (χ1) is 5.95. The number of carbonyl (C=O) groups excluding carboxylic acids is 2. The zero-order valence-electron chi connectivity index (χ0n) is 9.10. The van der Waals surface area contributed by atoms with Gasteiger partial charge in [0.05, 0.1) is 5.92 Å². The maximum atomic E-state index is 11.0. The molecule has 1 unspecified atom stereocenters. The van der Waals surface area contributed by atoms with Crippen molar-refractivity contribution in [3.05, 3.63) is 12.3 Å². The number of nitrogens with one attached hydrogen (secondary N) is 1. The zero-order chi connectivity index (χ0) is 11.0. The van der Waals surface area contributed by atoms with Gasteiger partial charge in [-0.2, -0.15) is 0 Å². The van der Waals surface area contributed by atoms with Gasteiger partial charge in [0.25, 0.3) is 0 Å². The molecule has 0 heterocycles.